The maximum atomic E-state index is 12.1. The molecule has 0 radical (unpaired) electrons. The van der Waals surface area contributed by atoms with Crippen molar-refractivity contribution in [2.24, 2.45) is 0 Å². The first kappa shape index (κ1) is 17.3. The lowest BCUT2D eigenvalue weighted by Crippen LogP contribution is -2.25. The molecule has 21 heavy (non-hydrogen) atoms. The highest BCUT2D eigenvalue weighted by Gasteiger charge is 2.26. The van der Waals surface area contributed by atoms with Crippen LogP contribution in [0.2, 0.25) is 0 Å². The van der Waals surface area contributed by atoms with E-state index in [9.17, 15) is 18.5 Å². The number of ether oxygens (including phenoxy) is 1. The Balaban J connectivity index is 2.89. The molecule has 0 heterocycles. The number of hydrogen-bond acceptors (Lipinski definition) is 6. The van der Waals surface area contributed by atoms with Gasteiger partial charge >= 0.3 is 0 Å². The van der Waals surface area contributed by atoms with Crippen molar-refractivity contribution in [2.45, 2.75) is 24.2 Å². The van der Waals surface area contributed by atoms with E-state index in [4.69, 9.17) is 9.84 Å². The number of rotatable bonds is 9. The van der Waals surface area contributed by atoms with Crippen molar-refractivity contribution in [3.63, 3.8) is 0 Å². The minimum Gasteiger partial charge on any atom is -0.497 e. The lowest BCUT2D eigenvalue weighted by Gasteiger charge is -2.08. The summed E-state index contributed by atoms with van der Waals surface area (Å²) >= 11 is 0. The van der Waals surface area contributed by atoms with Crippen LogP contribution in [0.15, 0.2) is 23.1 Å². The van der Waals surface area contributed by atoms with Gasteiger partial charge in [0.1, 0.15) is 5.75 Å². The molecule has 118 valence electrons. The van der Waals surface area contributed by atoms with E-state index in [1.165, 1.54) is 13.2 Å². The zero-order valence-electron chi connectivity index (χ0n) is 11.6. The molecule has 2 N–H and O–H groups in total. The minimum absolute atomic E-state index is 0.0523. The molecule has 0 fully saturated rings. The summed E-state index contributed by atoms with van der Waals surface area (Å²) in [5.41, 5.74) is -0.530. The third-order valence-electron chi connectivity index (χ3n) is 2.78. The molecule has 0 aliphatic heterocycles. The van der Waals surface area contributed by atoms with Crippen LogP contribution < -0.4 is 9.46 Å². The highest BCUT2D eigenvalue weighted by molar-refractivity contribution is 7.89. The average molecular weight is 318 g/mol. The number of hydrogen-bond donors (Lipinski definition) is 2. The average Bonchev–Trinajstić information content (AvgIpc) is 2.46. The molecular weight excluding hydrogens is 300 g/mol. The van der Waals surface area contributed by atoms with Gasteiger partial charge in [-0.15, -0.1) is 0 Å². The maximum absolute atomic E-state index is 12.1. The molecule has 0 saturated heterocycles. The summed E-state index contributed by atoms with van der Waals surface area (Å²) in [7, 11) is -2.62. The van der Waals surface area contributed by atoms with Gasteiger partial charge in [-0.25, -0.2) is 13.1 Å². The summed E-state index contributed by atoms with van der Waals surface area (Å²) < 4.78 is 31.3. The van der Waals surface area contributed by atoms with Crippen molar-refractivity contribution >= 4 is 15.7 Å². The zero-order chi connectivity index (χ0) is 15.9. The number of nitro benzene ring substituents is 1. The lowest BCUT2D eigenvalue weighted by atomic mass is 10.2. The van der Waals surface area contributed by atoms with Gasteiger partial charge in [-0.1, -0.05) is 0 Å². The molecule has 0 unspecified atom stereocenters. The van der Waals surface area contributed by atoms with Crippen molar-refractivity contribution < 1.29 is 23.2 Å². The predicted molar refractivity (Wildman–Crippen MR) is 75.8 cm³/mol. The Hall–Kier alpha value is -1.71. The number of benzene rings is 1. The third kappa shape index (κ3) is 4.96. The summed E-state index contributed by atoms with van der Waals surface area (Å²) in [6.07, 6.45) is 1.80. The van der Waals surface area contributed by atoms with Crippen LogP contribution in [0.25, 0.3) is 0 Å². The summed E-state index contributed by atoms with van der Waals surface area (Å²) in [5, 5.41) is 19.6. The Labute approximate surface area is 122 Å². The molecule has 0 aliphatic rings. The van der Waals surface area contributed by atoms with Gasteiger partial charge in [-0.2, -0.15) is 0 Å². The molecule has 9 heteroatoms. The van der Waals surface area contributed by atoms with E-state index in [-0.39, 0.29) is 18.9 Å². The van der Waals surface area contributed by atoms with Gasteiger partial charge in [0.05, 0.1) is 18.1 Å². The van der Waals surface area contributed by atoms with Crippen molar-refractivity contribution in [3.05, 3.63) is 28.3 Å². The Kier molecular flexibility index (Phi) is 6.53. The van der Waals surface area contributed by atoms with E-state index in [1.54, 1.807) is 0 Å². The molecule has 1 aromatic rings. The van der Waals surface area contributed by atoms with Gasteiger partial charge in [0.2, 0.25) is 10.0 Å². The van der Waals surface area contributed by atoms with E-state index in [1.807, 2.05) is 0 Å². The second kappa shape index (κ2) is 7.91. The number of nitro groups is 1. The molecule has 0 bridgehead atoms. The SMILES string of the molecule is COc1ccc(S(=O)(=O)NCCCCCO)c([N+](=O)[O-])c1. The zero-order valence-corrected chi connectivity index (χ0v) is 12.4. The number of aliphatic hydroxyl groups is 1. The highest BCUT2D eigenvalue weighted by Crippen LogP contribution is 2.28. The number of nitrogens with zero attached hydrogens (tertiary/aromatic N) is 1. The normalized spacial score (nSPS) is 11.3. The first-order valence-corrected chi connectivity index (χ1v) is 7.83. The number of methoxy groups -OCH3 is 1. The van der Waals surface area contributed by atoms with Crippen LogP contribution in [0.1, 0.15) is 19.3 Å². The van der Waals surface area contributed by atoms with Gasteiger partial charge < -0.3 is 9.84 Å². The predicted octanol–water partition coefficient (Wildman–Crippen LogP) is 1.04. The quantitative estimate of drug-likeness (QED) is 0.399. The van der Waals surface area contributed by atoms with Crippen molar-refractivity contribution in [3.8, 4) is 5.75 Å². The van der Waals surface area contributed by atoms with Crippen LogP contribution >= 0.6 is 0 Å². The number of aliphatic hydroxyl groups excluding tert-OH is 1. The second-order valence-corrected chi connectivity index (χ2v) is 6.01. The first-order chi connectivity index (χ1) is 9.92. The number of sulfonamides is 1. The van der Waals surface area contributed by atoms with Gasteiger partial charge in [-0.05, 0) is 31.4 Å². The van der Waals surface area contributed by atoms with Crippen LogP contribution in [0, 0.1) is 10.1 Å². The standard InChI is InChI=1S/C12H18N2O6S/c1-20-10-5-6-12(11(9-10)14(16)17)21(18,19)13-7-3-2-4-8-15/h5-6,9,13,15H,2-4,7-8H2,1H3. The Bertz CT molecular complexity index is 587. The Morgan fingerprint density at radius 3 is 2.62 bits per heavy atom. The summed E-state index contributed by atoms with van der Waals surface area (Å²) in [6.45, 7) is 0.211. The van der Waals surface area contributed by atoms with Crippen LogP contribution in [0.3, 0.4) is 0 Å². The minimum atomic E-state index is -3.96. The summed E-state index contributed by atoms with van der Waals surface area (Å²) in [4.78, 5) is 9.83. The van der Waals surface area contributed by atoms with E-state index in [0.29, 0.717) is 19.3 Å². The van der Waals surface area contributed by atoms with Crippen LogP contribution in [-0.2, 0) is 10.0 Å². The summed E-state index contributed by atoms with van der Waals surface area (Å²) in [5.74, 6) is 0.212. The van der Waals surface area contributed by atoms with Gasteiger partial charge in [0.15, 0.2) is 4.90 Å². The molecule has 0 amide bonds. The first-order valence-electron chi connectivity index (χ1n) is 6.35. The van der Waals surface area contributed by atoms with Crippen LogP contribution in [-0.4, -0.2) is 38.7 Å². The number of unbranched alkanes of at least 4 members (excludes halogenated alkanes) is 2. The molecule has 1 aromatic carbocycles. The fraction of sp³-hybridized carbons (Fsp3) is 0.500. The molecule has 0 spiro atoms. The van der Waals surface area contributed by atoms with Gasteiger partial charge in [0.25, 0.3) is 5.69 Å². The fourth-order valence-electron chi connectivity index (χ4n) is 1.69. The topological polar surface area (TPSA) is 119 Å². The van der Waals surface area contributed by atoms with Crippen LogP contribution in [0.4, 0.5) is 5.69 Å². The fourth-order valence-corrected chi connectivity index (χ4v) is 2.92. The van der Waals surface area contributed by atoms with E-state index in [2.05, 4.69) is 4.72 Å². The van der Waals surface area contributed by atoms with E-state index < -0.39 is 25.5 Å². The van der Waals surface area contributed by atoms with Gasteiger partial charge in [-0.3, -0.25) is 10.1 Å². The summed E-state index contributed by atoms with van der Waals surface area (Å²) in [6, 6.07) is 3.57. The second-order valence-electron chi connectivity index (χ2n) is 4.27. The third-order valence-corrected chi connectivity index (χ3v) is 4.29. The Morgan fingerprint density at radius 2 is 2.05 bits per heavy atom. The van der Waals surface area contributed by atoms with Crippen molar-refractivity contribution in [2.75, 3.05) is 20.3 Å². The molecule has 0 atom stereocenters. The molecule has 0 aromatic heterocycles. The Morgan fingerprint density at radius 1 is 1.33 bits per heavy atom. The van der Waals surface area contributed by atoms with E-state index >= 15 is 0 Å². The lowest BCUT2D eigenvalue weighted by molar-refractivity contribution is -0.387. The van der Waals surface area contributed by atoms with Crippen molar-refractivity contribution in [1.82, 2.24) is 4.72 Å². The van der Waals surface area contributed by atoms with Gasteiger partial charge in [0, 0.05) is 13.2 Å². The largest absolute Gasteiger partial charge is 0.497 e. The monoisotopic (exact) mass is 318 g/mol. The van der Waals surface area contributed by atoms with E-state index in [0.717, 1.165) is 12.1 Å². The highest BCUT2D eigenvalue weighted by atomic mass is 32.2. The van der Waals surface area contributed by atoms with Crippen molar-refractivity contribution in [1.29, 1.82) is 0 Å². The smallest absolute Gasteiger partial charge is 0.293 e. The molecular formula is C12H18N2O6S. The molecule has 8 nitrogen and oxygen atoms in total. The molecule has 0 aliphatic carbocycles. The maximum Gasteiger partial charge on any atom is 0.293 e. The molecule has 1 rings (SSSR count). The number of nitrogens with one attached hydrogen (secondary N) is 1. The molecule has 0 saturated carbocycles. The van der Waals surface area contributed by atoms with Crippen LogP contribution in [0.5, 0.6) is 5.75 Å².